The van der Waals surface area contributed by atoms with Crippen LogP contribution in [0, 0.1) is 5.41 Å². The van der Waals surface area contributed by atoms with E-state index < -0.39 is 0 Å². The molecule has 13 heavy (non-hydrogen) atoms. The Morgan fingerprint density at radius 2 is 1.77 bits per heavy atom. The van der Waals surface area contributed by atoms with E-state index in [4.69, 9.17) is 4.74 Å². The van der Waals surface area contributed by atoms with Gasteiger partial charge in [-0.1, -0.05) is 20.8 Å². The quantitative estimate of drug-likeness (QED) is 0.655. The fraction of sp³-hybridized carbons (Fsp3) is 1.00. The van der Waals surface area contributed by atoms with E-state index in [1.54, 1.807) is 0 Å². The lowest BCUT2D eigenvalue weighted by Gasteiger charge is -2.23. The molecule has 0 saturated carbocycles. The zero-order chi connectivity index (χ0) is 10.5. The maximum Gasteiger partial charge on any atom is 0.0596 e. The molecule has 0 spiro atoms. The van der Waals surface area contributed by atoms with Crippen molar-refractivity contribution in [3.63, 3.8) is 0 Å². The SMILES string of the molecule is CC(CC(C)(C)C)OCCN(C)C. The highest BCUT2D eigenvalue weighted by Gasteiger charge is 2.15. The second kappa shape index (κ2) is 5.61. The third-order valence-corrected chi connectivity index (χ3v) is 1.84. The van der Waals surface area contributed by atoms with Crippen molar-refractivity contribution in [3.05, 3.63) is 0 Å². The van der Waals surface area contributed by atoms with Gasteiger partial charge < -0.3 is 9.64 Å². The van der Waals surface area contributed by atoms with Gasteiger partial charge in [-0.15, -0.1) is 0 Å². The molecule has 0 aliphatic heterocycles. The van der Waals surface area contributed by atoms with Crippen LogP contribution in [0.2, 0.25) is 0 Å². The van der Waals surface area contributed by atoms with E-state index in [1.165, 1.54) is 0 Å². The molecule has 1 atom stereocenters. The molecular weight excluding hydrogens is 162 g/mol. The van der Waals surface area contributed by atoms with E-state index in [0.29, 0.717) is 11.5 Å². The van der Waals surface area contributed by atoms with E-state index in [0.717, 1.165) is 19.6 Å². The van der Waals surface area contributed by atoms with E-state index in [1.807, 2.05) is 0 Å². The molecule has 0 aromatic heterocycles. The first kappa shape index (κ1) is 12.9. The summed E-state index contributed by atoms with van der Waals surface area (Å²) >= 11 is 0. The van der Waals surface area contributed by atoms with Gasteiger partial charge in [-0.2, -0.15) is 0 Å². The second-order valence-electron chi connectivity index (χ2n) is 5.25. The van der Waals surface area contributed by atoms with Crippen LogP contribution in [0.25, 0.3) is 0 Å². The zero-order valence-corrected chi connectivity index (χ0v) is 10.1. The first-order valence-corrected chi connectivity index (χ1v) is 5.07. The summed E-state index contributed by atoms with van der Waals surface area (Å²) in [5.74, 6) is 0. The summed E-state index contributed by atoms with van der Waals surface area (Å²) in [6.45, 7) is 10.7. The first-order valence-electron chi connectivity index (χ1n) is 5.07. The number of ether oxygens (including phenoxy) is 1. The van der Waals surface area contributed by atoms with Gasteiger partial charge in [0.25, 0.3) is 0 Å². The minimum absolute atomic E-state index is 0.373. The standard InChI is InChI=1S/C11H25NO/c1-10(9-11(2,3)4)13-8-7-12(5)6/h10H,7-9H2,1-6H3. The van der Waals surface area contributed by atoms with Crippen LogP contribution < -0.4 is 0 Å². The smallest absolute Gasteiger partial charge is 0.0596 e. The normalized spacial score (nSPS) is 15.0. The lowest BCUT2D eigenvalue weighted by atomic mass is 9.90. The van der Waals surface area contributed by atoms with Crippen molar-refractivity contribution in [2.45, 2.75) is 40.2 Å². The predicted molar refractivity (Wildman–Crippen MR) is 58.0 cm³/mol. The molecule has 0 aromatic rings. The van der Waals surface area contributed by atoms with E-state index in [9.17, 15) is 0 Å². The summed E-state index contributed by atoms with van der Waals surface area (Å²) in [6, 6.07) is 0. The third-order valence-electron chi connectivity index (χ3n) is 1.84. The maximum atomic E-state index is 5.69. The lowest BCUT2D eigenvalue weighted by molar-refractivity contribution is 0.0308. The van der Waals surface area contributed by atoms with Crippen molar-refractivity contribution < 1.29 is 4.74 Å². The molecule has 0 heterocycles. The van der Waals surface area contributed by atoms with Gasteiger partial charge in [-0.05, 0) is 32.9 Å². The molecule has 2 heteroatoms. The number of likely N-dealkylation sites (N-methyl/N-ethyl adjacent to an activating group) is 1. The van der Waals surface area contributed by atoms with Gasteiger partial charge in [0.2, 0.25) is 0 Å². The molecule has 0 fully saturated rings. The topological polar surface area (TPSA) is 12.5 Å². The Morgan fingerprint density at radius 1 is 1.23 bits per heavy atom. The summed E-state index contributed by atoms with van der Waals surface area (Å²) in [5.41, 5.74) is 0.373. The minimum Gasteiger partial charge on any atom is -0.377 e. The number of nitrogens with zero attached hydrogens (tertiary/aromatic N) is 1. The molecule has 0 aromatic carbocycles. The molecule has 0 N–H and O–H groups in total. The number of rotatable bonds is 5. The van der Waals surface area contributed by atoms with E-state index >= 15 is 0 Å². The minimum atomic E-state index is 0.373. The Bertz CT molecular complexity index is 127. The highest BCUT2D eigenvalue weighted by molar-refractivity contribution is 4.66. The average Bonchev–Trinajstić information content (AvgIpc) is 1.81. The van der Waals surface area contributed by atoms with Crippen molar-refractivity contribution in [2.24, 2.45) is 5.41 Å². The Kier molecular flexibility index (Phi) is 5.57. The molecular formula is C11H25NO. The predicted octanol–water partition coefficient (Wildman–Crippen LogP) is 2.39. The summed E-state index contributed by atoms with van der Waals surface area (Å²) in [6.07, 6.45) is 1.50. The Morgan fingerprint density at radius 3 is 2.15 bits per heavy atom. The van der Waals surface area contributed by atoms with Crippen molar-refractivity contribution in [1.82, 2.24) is 4.90 Å². The summed E-state index contributed by atoms with van der Waals surface area (Å²) in [4.78, 5) is 2.14. The molecule has 2 nitrogen and oxygen atoms in total. The molecule has 0 aliphatic rings. The zero-order valence-electron chi connectivity index (χ0n) is 10.1. The van der Waals surface area contributed by atoms with Gasteiger partial charge in [-0.25, -0.2) is 0 Å². The van der Waals surface area contributed by atoms with Crippen LogP contribution in [0.3, 0.4) is 0 Å². The molecule has 0 amide bonds. The van der Waals surface area contributed by atoms with Crippen molar-refractivity contribution in [2.75, 3.05) is 27.2 Å². The van der Waals surface area contributed by atoms with Gasteiger partial charge in [0.15, 0.2) is 0 Å². The monoisotopic (exact) mass is 187 g/mol. The Balaban J connectivity index is 3.46. The molecule has 0 aliphatic carbocycles. The summed E-state index contributed by atoms with van der Waals surface area (Å²) in [5, 5.41) is 0. The van der Waals surface area contributed by atoms with Gasteiger partial charge in [-0.3, -0.25) is 0 Å². The van der Waals surface area contributed by atoms with Gasteiger partial charge in [0, 0.05) is 6.54 Å². The molecule has 0 radical (unpaired) electrons. The van der Waals surface area contributed by atoms with Crippen LogP contribution in [0.5, 0.6) is 0 Å². The highest BCUT2D eigenvalue weighted by atomic mass is 16.5. The maximum absolute atomic E-state index is 5.69. The Labute approximate surface area is 83.3 Å². The van der Waals surface area contributed by atoms with Crippen molar-refractivity contribution in [3.8, 4) is 0 Å². The average molecular weight is 187 g/mol. The van der Waals surface area contributed by atoms with Crippen molar-refractivity contribution in [1.29, 1.82) is 0 Å². The molecule has 0 saturated heterocycles. The van der Waals surface area contributed by atoms with Crippen LogP contribution in [0.4, 0.5) is 0 Å². The van der Waals surface area contributed by atoms with E-state index in [2.05, 4.69) is 46.7 Å². The molecule has 1 unspecified atom stereocenters. The van der Waals surface area contributed by atoms with Gasteiger partial charge in [0.05, 0.1) is 12.7 Å². The van der Waals surface area contributed by atoms with Crippen LogP contribution >= 0.6 is 0 Å². The highest BCUT2D eigenvalue weighted by Crippen LogP contribution is 2.21. The van der Waals surface area contributed by atoms with Crippen molar-refractivity contribution >= 4 is 0 Å². The van der Waals surface area contributed by atoms with Crippen LogP contribution in [0.1, 0.15) is 34.1 Å². The van der Waals surface area contributed by atoms with Crippen LogP contribution in [-0.2, 0) is 4.74 Å². The summed E-state index contributed by atoms with van der Waals surface area (Å²) in [7, 11) is 4.13. The lowest BCUT2D eigenvalue weighted by Crippen LogP contribution is -2.23. The largest absolute Gasteiger partial charge is 0.377 e. The second-order valence-corrected chi connectivity index (χ2v) is 5.25. The first-order chi connectivity index (χ1) is 5.81. The van der Waals surface area contributed by atoms with Gasteiger partial charge in [0.1, 0.15) is 0 Å². The van der Waals surface area contributed by atoms with Crippen LogP contribution in [0.15, 0.2) is 0 Å². The number of hydrogen-bond acceptors (Lipinski definition) is 2. The molecule has 80 valence electrons. The third kappa shape index (κ3) is 9.84. The summed E-state index contributed by atoms with van der Waals surface area (Å²) < 4.78 is 5.69. The van der Waals surface area contributed by atoms with Gasteiger partial charge >= 0.3 is 0 Å². The molecule has 0 bridgehead atoms. The van der Waals surface area contributed by atoms with Crippen LogP contribution in [-0.4, -0.2) is 38.3 Å². The Hall–Kier alpha value is -0.0800. The fourth-order valence-electron chi connectivity index (χ4n) is 1.36. The number of hydrogen-bond donors (Lipinski definition) is 0. The van der Waals surface area contributed by atoms with E-state index in [-0.39, 0.29) is 0 Å². The fourth-order valence-corrected chi connectivity index (χ4v) is 1.36. The molecule has 0 rings (SSSR count).